The molecule has 0 fully saturated rings. The first-order chi connectivity index (χ1) is 13.3. The highest BCUT2D eigenvalue weighted by atomic mass is 32.2. The van der Waals surface area contributed by atoms with Crippen molar-refractivity contribution in [2.75, 3.05) is 0 Å². The SMILES string of the molecule is Cn1c(=O)c2ccccc2n2c(SCc3ccc(OC(F)(F)F)cc3)nnc12. The zero-order valence-corrected chi connectivity index (χ0v) is 15.3. The quantitative estimate of drug-likeness (QED) is 0.483. The van der Waals surface area contributed by atoms with Gasteiger partial charge in [0.2, 0.25) is 5.78 Å². The third-order valence-corrected chi connectivity index (χ3v) is 5.12. The lowest BCUT2D eigenvalue weighted by molar-refractivity contribution is -0.274. The third kappa shape index (κ3) is 3.42. The van der Waals surface area contributed by atoms with Crippen molar-refractivity contribution in [3.05, 3.63) is 64.4 Å². The second-order valence-electron chi connectivity index (χ2n) is 5.98. The van der Waals surface area contributed by atoms with Gasteiger partial charge in [0.1, 0.15) is 5.75 Å². The fourth-order valence-corrected chi connectivity index (χ4v) is 3.74. The molecule has 0 N–H and O–H groups in total. The van der Waals surface area contributed by atoms with Crippen molar-refractivity contribution in [1.29, 1.82) is 0 Å². The number of hydrogen-bond acceptors (Lipinski definition) is 5. The molecular weight excluding hydrogens is 393 g/mol. The van der Waals surface area contributed by atoms with Crippen LogP contribution in [-0.4, -0.2) is 25.5 Å². The summed E-state index contributed by atoms with van der Waals surface area (Å²) in [5.41, 5.74) is 1.33. The number of para-hydroxylation sites is 1. The Labute approximate surface area is 160 Å². The van der Waals surface area contributed by atoms with E-state index in [1.807, 2.05) is 12.1 Å². The lowest BCUT2D eigenvalue weighted by Crippen LogP contribution is -2.20. The minimum Gasteiger partial charge on any atom is -0.406 e. The van der Waals surface area contributed by atoms with Gasteiger partial charge in [0.05, 0.1) is 10.9 Å². The zero-order valence-electron chi connectivity index (χ0n) is 14.5. The molecule has 0 aliphatic rings. The molecular formula is C18H13F3N4O2S. The maximum absolute atomic E-state index is 12.4. The number of halogens is 3. The molecule has 0 radical (unpaired) electrons. The summed E-state index contributed by atoms with van der Waals surface area (Å²) in [6.45, 7) is 0. The van der Waals surface area contributed by atoms with E-state index >= 15 is 0 Å². The van der Waals surface area contributed by atoms with Crippen LogP contribution in [0.25, 0.3) is 16.7 Å². The van der Waals surface area contributed by atoms with Crippen LogP contribution in [0.4, 0.5) is 13.2 Å². The largest absolute Gasteiger partial charge is 0.573 e. The molecule has 0 saturated carbocycles. The van der Waals surface area contributed by atoms with Gasteiger partial charge in [-0.05, 0) is 29.8 Å². The lowest BCUT2D eigenvalue weighted by atomic mass is 10.2. The van der Waals surface area contributed by atoms with Crippen molar-refractivity contribution < 1.29 is 17.9 Å². The fraction of sp³-hybridized carbons (Fsp3) is 0.167. The van der Waals surface area contributed by atoms with Crippen molar-refractivity contribution in [2.45, 2.75) is 17.3 Å². The summed E-state index contributed by atoms with van der Waals surface area (Å²) in [7, 11) is 1.63. The van der Waals surface area contributed by atoms with Crippen LogP contribution >= 0.6 is 11.8 Å². The molecule has 144 valence electrons. The number of fused-ring (bicyclic) bond motifs is 3. The number of nitrogens with zero attached hydrogens (tertiary/aromatic N) is 4. The Morgan fingerprint density at radius 1 is 1.07 bits per heavy atom. The number of thioether (sulfide) groups is 1. The number of aryl methyl sites for hydroxylation is 1. The van der Waals surface area contributed by atoms with E-state index in [9.17, 15) is 18.0 Å². The minimum atomic E-state index is -4.71. The van der Waals surface area contributed by atoms with E-state index in [0.717, 1.165) is 5.56 Å². The Hall–Kier alpha value is -3.01. The molecule has 0 amide bonds. The summed E-state index contributed by atoms with van der Waals surface area (Å²) >= 11 is 1.37. The van der Waals surface area contributed by atoms with Crippen LogP contribution in [0.3, 0.4) is 0 Å². The lowest BCUT2D eigenvalue weighted by Gasteiger charge is -2.09. The Bertz CT molecular complexity index is 1220. The van der Waals surface area contributed by atoms with Crippen molar-refractivity contribution in [3.8, 4) is 5.75 Å². The van der Waals surface area contributed by atoms with Crippen molar-refractivity contribution in [2.24, 2.45) is 7.05 Å². The summed E-state index contributed by atoms with van der Waals surface area (Å²) in [6.07, 6.45) is -4.71. The number of alkyl halides is 3. The van der Waals surface area contributed by atoms with Gasteiger partial charge in [-0.15, -0.1) is 23.4 Å². The van der Waals surface area contributed by atoms with Gasteiger partial charge in [-0.2, -0.15) is 0 Å². The van der Waals surface area contributed by atoms with Crippen LogP contribution < -0.4 is 10.3 Å². The van der Waals surface area contributed by atoms with Gasteiger partial charge >= 0.3 is 6.36 Å². The molecule has 0 spiro atoms. The molecule has 4 aromatic rings. The summed E-state index contributed by atoms with van der Waals surface area (Å²) in [6, 6.07) is 12.8. The number of ether oxygens (including phenoxy) is 1. The van der Waals surface area contributed by atoms with Crippen molar-refractivity contribution >= 4 is 28.4 Å². The standard InChI is InChI=1S/C18H13F3N4O2S/c1-24-15(26)13-4-2-3-5-14(13)25-16(24)22-23-17(25)28-10-11-6-8-12(9-7-11)27-18(19,20)21/h2-9H,10H2,1H3. The average molecular weight is 406 g/mol. The van der Waals surface area contributed by atoms with Crippen LogP contribution in [0.15, 0.2) is 58.5 Å². The molecule has 2 aromatic carbocycles. The van der Waals surface area contributed by atoms with E-state index in [0.29, 0.717) is 27.6 Å². The van der Waals surface area contributed by atoms with E-state index < -0.39 is 6.36 Å². The highest BCUT2D eigenvalue weighted by Crippen LogP contribution is 2.27. The van der Waals surface area contributed by atoms with Gasteiger partial charge < -0.3 is 4.74 Å². The molecule has 28 heavy (non-hydrogen) atoms. The van der Waals surface area contributed by atoms with E-state index in [1.165, 1.54) is 28.5 Å². The van der Waals surface area contributed by atoms with Crippen LogP contribution in [0.5, 0.6) is 5.75 Å². The van der Waals surface area contributed by atoms with Gasteiger partial charge in [-0.3, -0.25) is 13.8 Å². The van der Waals surface area contributed by atoms with Crippen LogP contribution in [-0.2, 0) is 12.8 Å². The number of benzene rings is 2. The highest BCUT2D eigenvalue weighted by molar-refractivity contribution is 7.98. The zero-order chi connectivity index (χ0) is 19.9. The summed E-state index contributed by atoms with van der Waals surface area (Å²) in [5.74, 6) is 0.611. The first-order valence-corrected chi connectivity index (χ1v) is 9.12. The summed E-state index contributed by atoms with van der Waals surface area (Å²) in [4.78, 5) is 12.4. The molecule has 0 bridgehead atoms. The normalized spacial score (nSPS) is 12.0. The fourth-order valence-electron chi connectivity index (χ4n) is 2.84. The highest BCUT2D eigenvalue weighted by Gasteiger charge is 2.30. The maximum atomic E-state index is 12.4. The van der Waals surface area contributed by atoms with E-state index in [4.69, 9.17) is 0 Å². The molecule has 0 aliphatic carbocycles. The number of rotatable bonds is 4. The monoisotopic (exact) mass is 406 g/mol. The van der Waals surface area contributed by atoms with Crippen LogP contribution in [0.2, 0.25) is 0 Å². The van der Waals surface area contributed by atoms with Gasteiger partial charge in [-0.25, -0.2) is 0 Å². The Morgan fingerprint density at radius 3 is 2.50 bits per heavy atom. The summed E-state index contributed by atoms with van der Waals surface area (Å²) < 4.78 is 43.8. The van der Waals surface area contributed by atoms with Gasteiger partial charge in [0.25, 0.3) is 5.56 Å². The smallest absolute Gasteiger partial charge is 0.406 e. The first-order valence-electron chi connectivity index (χ1n) is 8.14. The minimum absolute atomic E-state index is 0.160. The third-order valence-electron chi connectivity index (χ3n) is 4.12. The predicted molar refractivity (Wildman–Crippen MR) is 98.4 cm³/mol. The Balaban J connectivity index is 1.63. The van der Waals surface area contributed by atoms with Crippen molar-refractivity contribution in [1.82, 2.24) is 19.2 Å². The molecule has 2 heterocycles. The van der Waals surface area contributed by atoms with Gasteiger partial charge in [0, 0.05) is 12.8 Å². The van der Waals surface area contributed by atoms with Crippen molar-refractivity contribution in [3.63, 3.8) is 0 Å². The Morgan fingerprint density at radius 2 is 1.79 bits per heavy atom. The van der Waals surface area contributed by atoms with Crippen LogP contribution in [0, 0.1) is 0 Å². The maximum Gasteiger partial charge on any atom is 0.573 e. The van der Waals surface area contributed by atoms with E-state index in [-0.39, 0.29) is 11.3 Å². The van der Waals surface area contributed by atoms with Gasteiger partial charge in [-0.1, -0.05) is 36.0 Å². The van der Waals surface area contributed by atoms with E-state index in [1.54, 1.807) is 35.7 Å². The molecule has 6 nitrogen and oxygen atoms in total. The predicted octanol–water partition coefficient (Wildman–Crippen LogP) is 3.77. The average Bonchev–Trinajstić information content (AvgIpc) is 3.09. The Kier molecular flexibility index (Phi) is 4.50. The number of hydrogen-bond donors (Lipinski definition) is 0. The summed E-state index contributed by atoms with van der Waals surface area (Å²) in [5, 5.41) is 9.41. The molecule has 0 aliphatic heterocycles. The molecule has 0 unspecified atom stereocenters. The van der Waals surface area contributed by atoms with Crippen LogP contribution in [0.1, 0.15) is 5.56 Å². The second-order valence-corrected chi connectivity index (χ2v) is 6.92. The first kappa shape index (κ1) is 18.4. The van der Waals surface area contributed by atoms with Gasteiger partial charge in [0.15, 0.2) is 5.16 Å². The molecule has 0 saturated heterocycles. The number of aromatic nitrogens is 4. The van der Waals surface area contributed by atoms with E-state index in [2.05, 4.69) is 14.9 Å². The molecule has 2 aromatic heterocycles. The topological polar surface area (TPSA) is 61.4 Å². The molecule has 4 rings (SSSR count). The second kappa shape index (κ2) is 6.86. The molecule has 0 atom stereocenters. The molecule has 10 heteroatoms.